The highest BCUT2D eigenvalue weighted by Gasteiger charge is 2.43. The van der Waals surface area contributed by atoms with Crippen molar-refractivity contribution < 1.29 is 0 Å². The summed E-state index contributed by atoms with van der Waals surface area (Å²) in [6.07, 6.45) is 2.54. The van der Waals surface area contributed by atoms with Gasteiger partial charge in [0, 0.05) is 6.54 Å². The first-order chi connectivity index (χ1) is 6.58. The third kappa shape index (κ3) is 1.34. The SMILES string of the molecule is Cc1nc(C)n(C(C)(CN)C2CC2)n1. The average molecular weight is 194 g/mol. The number of hydrogen-bond acceptors (Lipinski definition) is 3. The lowest BCUT2D eigenvalue weighted by Gasteiger charge is -2.29. The van der Waals surface area contributed by atoms with Gasteiger partial charge in [0.15, 0.2) is 0 Å². The van der Waals surface area contributed by atoms with Crippen LogP contribution in [-0.4, -0.2) is 21.3 Å². The van der Waals surface area contributed by atoms with Gasteiger partial charge in [0.2, 0.25) is 0 Å². The first kappa shape index (κ1) is 9.65. The van der Waals surface area contributed by atoms with Crippen molar-refractivity contribution >= 4 is 0 Å². The van der Waals surface area contributed by atoms with Gasteiger partial charge >= 0.3 is 0 Å². The highest BCUT2D eigenvalue weighted by Crippen LogP contribution is 2.43. The normalized spacial score (nSPS) is 20.9. The van der Waals surface area contributed by atoms with Crippen molar-refractivity contribution in [3.63, 3.8) is 0 Å². The Morgan fingerprint density at radius 2 is 2.14 bits per heavy atom. The van der Waals surface area contributed by atoms with Crippen LogP contribution in [0.2, 0.25) is 0 Å². The van der Waals surface area contributed by atoms with Crippen molar-refractivity contribution in [1.82, 2.24) is 14.8 Å². The minimum absolute atomic E-state index is 0.0225. The number of aryl methyl sites for hydroxylation is 2. The van der Waals surface area contributed by atoms with Gasteiger partial charge in [-0.3, -0.25) is 0 Å². The predicted octanol–water partition coefficient (Wildman–Crippen LogP) is 0.979. The lowest BCUT2D eigenvalue weighted by Crippen LogP contribution is -2.41. The summed E-state index contributed by atoms with van der Waals surface area (Å²) in [5.41, 5.74) is 5.85. The number of hydrogen-bond donors (Lipinski definition) is 1. The van der Waals surface area contributed by atoms with Gasteiger partial charge in [0.1, 0.15) is 11.6 Å². The number of rotatable bonds is 3. The molecule has 1 aromatic heterocycles. The maximum absolute atomic E-state index is 5.87. The minimum Gasteiger partial charge on any atom is -0.328 e. The quantitative estimate of drug-likeness (QED) is 0.780. The summed E-state index contributed by atoms with van der Waals surface area (Å²) < 4.78 is 2.01. The molecule has 0 aliphatic heterocycles. The fourth-order valence-corrected chi connectivity index (χ4v) is 2.14. The van der Waals surface area contributed by atoms with Crippen LogP contribution in [0.25, 0.3) is 0 Å². The predicted molar refractivity (Wildman–Crippen MR) is 54.9 cm³/mol. The summed E-state index contributed by atoms with van der Waals surface area (Å²) in [5, 5.41) is 4.44. The molecule has 4 heteroatoms. The zero-order chi connectivity index (χ0) is 10.3. The van der Waals surface area contributed by atoms with Crippen LogP contribution in [0, 0.1) is 19.8 Å². The van der Waals surface area contributed by atoms with Crippen LogP contribution in [0.3, 0.4) is 0 Å². The Morgan fingerprint density at radius 3 is 2.50 bits per heavy atom. The Hall–Kier alpha value is -0.900. The molecule has 0 amide bonds. The van der Waals surface area contributed by atoms with Crippen molar-refractivity contribution in [2.75, 3.05) is 6.54 Å². The van der Waals surface area contributed by atoms with Crippen LogP contribution in [-0.2, 0) is 5.54 Å². The van der Waals surface area contributed by atoms with Crippen LogP contribution in [0.15, 0.2) is 0 Å². The summed E-state index contributed by atoms with van der Waals surface area (Å²) in [7, 11) is 0. The summed E-state index contributed by atoms with van der Waals surface area (Å²) in [6.45, 7) is 6.75. The Kier molecular flexibility index (Phi) is 2.10. The third-order valence-electron chi connectivity index (χ3n) is 3.23. The lowest BCUT2D eigenvalue weighted by atomic mass is 9.96. The second-order valence-electron chi connectivity index (χ2n) is 4.45. The fraction of sp³-hybridized carbons (Fsp3) is 0.800. The molecule has 78 valence electrons. The zero-order valence-electron chi connectivity index (χ0n) is 9.12. The Bertz CT molecular complexity index is 340. The molecule has 0 spiro atoms. The van der Waals surface area contributed by atoms with Crippen molar-refractivity contribution in [2.45, 2.75) is 39.2 Å². The van der Waals surface area contributed by atoms with Crippen LogP contribution < -0.4 is 5.73 Å². The molecule has 2 N–H and O–H groups in total. The summed E-state index contributed by atoms with van der Waals surface area (Å²) in [4.78, 5) is 4.33. The molecular weight excluding hydrogens is 176 g/mol. The molecule has 2 rings (SSSR count). The van der Waals surface area contributed by atoms with E-state index in [1.165, 1.54) is 12.8 Å². The molecule has 1 aliphatic rings. The van der Waals surface area contributed by atoms with E-state index in [2.05, 4.69) is 17.0 Å². The van der Waals surface area contributed by atoms with E-state index < -0.39 is 0 Å². The van der Waals surface area contributed by atoms with Crippen molar-refractivity contribution in [2.24, 2.45) is 11.7 Å². The lowest BCUT2D eigenvalue weighted by molar-refractivity contribution is 0.246. The van der Waals surface area contributed by atoms with Gasteiger partial charge in [-0.1, -0.05) is 0 Å². The monoisotopic (exact) mass is 194 g/mol. The fourth-order valence-electron chi connectivity index (χ4n) is 2.14. The number of nitrogens with zero attached hydrogens (tertiary/aromatic N) is 3. The van der Waals surface area contributed by atoms with Crippen LogP contribution >= 0.6 is 0 Å². The first-order valence-corrected chi connectivity index (χ1v) is 5.19. The second kappa shape index (κ2) is 3.05. The summed E-state index contributed by atoms with van der Waals surface area (Å²) >= 11 is 0. The Labute approximate surface area is 84.5 Å². The van der Waals surface area contributed by atoms with Gasteiger partial charge in [-0.2, -0.15) is 5.10 Å². The molecule has 1 saturated carbocycles. The number of nitrogens with two attached hydrogens (primary N) is 1. The molecule has 4 nitrogen and oxygen atoms in total. The highest BCUT2D eigenvalue weighted by molar-refractivity contribution is 5.02. The Morgan fingerprint density at radius 1 is 1.50 bits per heavy atom. The standard InChI is InChI=1S/C10H18N4/c1-7-12-8(2)14(13-7)10(3,6-11)9-4-5-9/h9H,4-6,11H2,1-3H3. The van der Waals surface area contributed by atoms with Crippen LogP contribution in [0.1, 0.15) is 31.4 Å². The van der Waals surface area contributed by atoms with E-state index in [0.29, 0.717) is 12.5 Å². The van der Waals surface area contributed by atoms with Crippen LogP contribution in [0.5, 0.6) is 0 Å². The van der Waals surface area contributed by atoms with Gasteiger partial charge in [0.25, 0.3) is 0 Å². The van der Waals surface area contributed by atoms with Crippen LogP contribution in [0.4, 0.5) is 0 Å². The molecule has 0 aromatic carbocycles. The first-order valence-electron chi connectivity index (χ1n) is 5.19. The molecule has 1 fully saturated rings. The summed E-state index contributed by atoms with van der Waals surface area (Å²) in [5.74, 6) is 2.50. The number of aromatic nitrogens is 3. The molecule has 1 heterocycles. The van der Waals surface area contributed by atoms with Crippen molar-refractivity contribution in [1.29, 1.82) is 0 Å². The largest absolute Gasteiger partial charge is 0.328 e. The maximum atomic E-state index is 5.87. The third-order valence-corrected chi connectivity index (χ3v) is 3.23. The zero-order valence-corrected chi connectivity index (χ0v) is 9.12. The average Bonchev–Trinajstić information content (AvgIpc) is 2.92. The van der Waals surface area contributed by atoms with Crippen molar-refractivity contribution in [3.8, 4) is 0 Å². The van der Waals surface area contributed by atoms with Gasteiger partial charge in [-0.15, -0.1) is 0 Å². The van der Waals surface area contributed by atoms with Gasteiger partial charge in [-0.25, -0.2) is 9.67 Å². The molecule has 1 aliphatic carbocycles. The van der Waals surface area contributed by atoms with E-state index in [4.69, 9.17) is 5.73 Å². The van der Waals surface area contributed by atoms with Gasteiger partial charge in [0.05, 0.1) is 5.54 Å². The summed E-state index contributed by atoms with van der Waals surface area (Å²) in [6, 6.07) is 0. The van der Waals surface area contributed by atoms with Crippen molar-refractivity contribution in [3.05, 3.63) is 11.6 Å². The van der Waals surface area contributed by atoms with Gasteiger partial charge in [-0.05, 0) is 39.5 Å². The molecule has 1 atom stereocenters. The highest BCUT2D eigenvalue weighted by atomic mass is 15.4. The molecule has 1 unspecified atom stereocenters. The molecule has 14 heavy (non-hydrogen) atoms. The molecule has 1 aromatic rings. The minimum atomic E-state index is -0.0225. The van der Waals surface area contributed by atoms with E-state index in [9.17, 15) is 0 Å². The smallest absolute Gasteiger partial charge is 0.147 e. The second-order valence-corrected chi connectivity index (χ2v) is 4.45. The van der Waals surface area contributed by atoms with E-state index in [-0.39, 0.29) is 5.54 Å². The molecule has 0 radical (unpaired) electrons. The molecule has 0 bridgehead atoms. The van der Waals surface area contributed by atoms with Gasteiger partial charge < -0.3 is 5.73 Å². The topological polar surface area (TPSA) is 56.7 Å². The molecule has 0 saturated heterocycles. The Balaban J connectivity index is 2.39. The van der Waals surface area contributed by atoms with E-state index in [1.54, 1.807) is 0 Å². The maximum Gasteiger partial charge on any atom is 0.147 e. The molecular formula is C10H18N4. The van der Waals surface area contributed by atoms with E-state index in [0.717, 1.165) is 11.6 Å². The van der Waals surface area contributed by atoms with E-state index in [1.807, 2.05) is 18.5 Å². The van der Waals surface area contributed by atoms with E-state index >= 15 is 0 Å².